The number of aliphatic hydroxyl groups is 1. The van der Waals surface area contributed by atoms with Gasteiger partial charge in [0.1, 0.15) is 5.75 Å². The van der Waals surface area contributed by atoms with Crippen LogP contribution in [0.5, 0.6) is 5.75 Å². The van der Waals surface area contributed by atoms with Gasteiger partial charge in [-0.2, -0.15) is 0 Å². The number of hydrogen-bond donors (Lipinski definition) is 2. The van der Waals surface area contributed by atoms with Crippen LogP contribution in [0.25, 0.3) is 0 Å². The lowest BCUT2D eigenvalue weighted by atomic mass is 10.1. The van der Waals surface area contributed by atoms with Crippen LogP contribution in [0.1, 0.15) is 13.3 Å². The van der Waals surface area contributed by atoms with Crippen molar-refractivity contribution >= 4 is 5.69 Å². The molecule has 2 N–H and O–H groups in total. The number of nitrogens with zero attached hydrogens (tertiary/aromatic N) is 1. The van der Waals surface area contributed by atoms with E-state index in [1.54, 1.807) is 7.11 Å². The molecule has 2 atom stereocenters. The molecule has 2 rings (SSSR count). The molecule has 1 fully saturated rings. The van der Waals surface area contributed by atoms with Crippen LogP contribution in [0.15, 0.2) is 24.3 Å². The lowest BCUT2D eigenvalue weighted by Crippen LogP contribution is -2.56. The van der Waals surface area contributed by atoms with Gasteiger partial charge < -0.3 is 20.1 Å². The number of ether oxygens (including phenoxy) is 1. The normalized spacial score (nSPS) is 24.1. The van der Waals surface area contributed by atoms with E-state index in [-0.39, 0.29) is 6.61 Å². The highest BCUT2D eigenvalue weighted by molar-refractivity contribution is 5.50. The average molecular weight is 250 g/mol. The molecule has 0 radical (unpaired) electrons. The second-order valence-corrected chi connectivity index (χ2v) is 4.83. The van der Waals surface area contributed by atoms with Crippen molar-refractivity contribution in [3.05, 3.63) is 24.3 Å². The van der Waals surface area contributed by atoms with Crippen molar-refractivity contribution in [2.75, 3.05) is 31.7 Å². The molecule has 1 aliphatic heterocycles. The smallest absolute Gasteiger partial charge is 0.119 e. The summed E-state index contributed by atoms with van der Waals surface area (Å²) in [4.78, 5) is 2.37. The van der Waals surface area contributed by atoms with Crippen molar-refractivity contribution in [1.29, 1.82) is 0 Å². The zero-order chi connectivity index (χ0) is 13.0. The first-order valence-corrected chi connectivity index (χ1v) is 6.49. The van der Waals surface area contributed by atoms with Gasteiger partial charge >= 0.3 is 0 Å². The fourth-order valence-electron chi connectivity index (χ4n) is 2.45. The summed E-state index contributed by atoms with van der Waals surface area (Å²) in [5.41, 5.74) is 1.20. The van der Waals surface area contributed by atoms with Gasteiger partial charge in [0.05, 0.1) is 7.11 Å². The SMILES string of the molecule is COc1ccc(N2CC(C)NCC2CCO)cc1. The van der Waals surface area contributed by atoms with Gasteiger partial charge in [-0.1, -0.05) is 0 Å². The van der Waals surface area contributed by atoms with Crippen LogP contribution in [-0.4, -0.2) is 44.0 Å². The first kappa shape index (κ1) is 13.2. The van der Waals surface area contributed by atoms with E-state index in [1.165, 1.54) is 5.69 Å². The molecule has 0 bridgehead atoms. The molecular formula is C14H22N2O2. The van der Waals surface area contributed by atoms with Crippen molar-refractivity contribution in [3.8, 4) is 5.75 Å². The van der Waals surface area contributed by atoms with Gasteiger partial charge in [-0.3, -0.25) is 0 Å². The molecule has 1 aromatic carbocycles. The molecule has 0 spiro atoms. The van der Waals surface area contributed by atoms with Crippen LogP contribution in [0.3, 0.4) is 0 Å². The van der Waals surface area contributed by atoms with Crippen LogP contribution in [0, 0.1) is 0 Å². The van der Waals surface area contributed by atoms with Gasteiger partial charge in [0, 0.05) is 37.5 Å². The predicted molar refractivity (Wildman–Crippen MR) is 73.3 cm³/mol. The monoisotopic (exact) mass is 250 g/mol. The van der Waals surface area contributed by atoms with Gasteiger partial charge in [-0.05, 0) is 37.6 Å². The predicted octanol–water partition coefficient (Wildman–Crippen LogP) is 1.24. The quantitative estimate of drug-likeness (QED) is 0.844. The second-order valence-electron chi connectivity index (χ2n) is 4.83. The number of anilines is 1. The minimum atomic E-state index is 0.230. The summed E-state index contributed by atoms with van der Waals surface area (Å²) in [7, 11) is 1.68. The first-order chi connectivity index (χ1) is 8.74. The van der Waals surface area contributed by atoms with Gasteiger partial charge in [0.2, 0.25) is 0 Å². The summed E-state index contributed by atoms with van der Waals surface area (Å²) >= 11 is 0. The number of aliphatic hydroxyl groups excluding tert-OH is 1. The number of benzene rings is 1. The number of piperazine rings is 1. The Morgan fingerprint density at radius 1 is 1.39 bits per heavy atom. The summed E-state index contributed by atoms with van der Waals surface area (Å²) < 4.78 is 5.18. The zero-order valence-electron chi connectivity index (χ0n) is 11.1. The lowest BCUT2D eigenvalue weighted by molar-refractivity contribution is 0.260. The van der Waals surface area contributed by atoms with Crippen molar-refractivity contribution in [2.45, 2.75) is 25.4 Å². The average Bonchev–Trinajstić information content (AvgIpc) is 2.41. The molecule has 4 heteroatoms. The van der Waals surface area contributed by atoms with E-state index in [1.807, 2.05) is 12.1 Å². The Labute approximate surface area is 109 Å². The van der Waals surface area contributed by atoms with E-state index >= 15 is 0 Å². The van der Waals surface area contributed by atoms with E-state index in [4.69, 9.17) is 9.84 Å². The number of rotatable bonds is 4. The van der Waals surface area contributed by atoms with Gasteiger partial charge in [0.15, 0.2) is 0 Å². The third-order valence-electron chi connectivity index (χ3n) is 3.48. The Bertz CT molecular complexity index is 367. The molecule has 1 heterocycles. The van der Waals surface area contributed by atoms with Crippen molar-refractivity contribution < 1.29 is 9.84 Å². The molecule has 2 unspecified atom stereocenters. The van der Waals surface area contributed by atoms with Crippen molar-refractivity contribution in [1.82, 2.24) is 5.32 Å². The maximum absolute atomic E-state index is 9.16. The highest BCUT2D eigenvalue weighted by atomic mass is 16.5. The minimum Gasteiger partial charge on any atom is -0.497 e. The maximum Gasteiger partial charge on any atom is 0.119 e. The van der Waals surface area contributed by atoms with Gasteiger partial charge in [0.25, 0.3) is 0 Å². The number of nitrogens with one attached hydrogen (secondary N) is 1. The highest BCUT2D eigenvalue weighted by Gasteiger charge is 2.25. The van der Waals surface area contributed by atoms with Gasteiger partial charge in [-0.25, -0.2) is 0 Å². The maximum atomic E-state index is 9.16. The molecule has 0 saturated carbocycles. The Morgan fingerprint density at radius 3 is 2.72 bits per heavy atom. The number of methoxy groups -OCH3 is 1. The second kappa shape index (κ2) is 6.07. The molecule has 4 nitrogen and oxygen atoms in total. The van der Waals surface area contributed by atoms with Crippen LogP contribution in [0.2, 0.25) is 0 Å². The topological polar surface area (TPSA) is 44.7 Å². The summed E-state index contributed by atoms with van der Waals surface area (Å²) in [6.07, 6.45) is 0.797. The molecular weight excluding hydrogens is 228 g/mol. The van der Waals surface area contributed by atoms with E-state index in [2.05, 4.69) is 29.3 Å². The minimum absolute atomic E-state index is 0.230. The molecule has 18 heavy (non-hydrogen) atoms. The Balaban J connectivity index is 2.15. The van der Waals surface area contributed by atoms with Gasteiger partial charge in [-0.15, -0.1) is 0 Å². The summed E-state index contributed by atoms with van der Waals surface area (Å²) in [6.45, 7) is 4.31. The van der Waals surface area contributed by atoms with Crippen molar-refractivity contribution in [3.63, 3.8) is 0 Å². The molecule has 0 aromatic heterocycles. The number of hydrogen-bond acceptors (Lipinski definition) is 4. The Hall–Kier alpha value is -1.26. The lowest BCUT2D eigenvalue weighted by Gasteiger charge is -2.41. The molecule has 1 saturated heterocycles. The van der Waals surface area contributed by atoms with Crippen LogP contribution in [0.4, 0.5) is 5.69 Å². The van der Waals surface area contributed by atoms with E-state index in [9.17, 15) is 0 Å². The van der Waals surface area contributed by atoms with Crippen LogP contribution in [-0.2, 0) is 0 Å². The Kier molecular flexibility index (Phi) is 4.44. The molecule has 0 amide bonds. The Morgan fingerprint density at radius 2 is 2.11 bits per heavy atom. The summed E-state index contributed by atoms with van der Waals surface area (Å²) in [6, 6.07) is 8.97. The highest BCUT2D eigenvalue weighted by Crippen LogP contribution is 2.24. The third kappa shape index (κ3) is 2.94. The first-order valence-electron chi connectivity index (χ1n) is 6.49. The molecule has 1 aliphatic rings. The largest absolute Gasteiger partial charge is 0.497 e. The third-order valence-corrected chi connectivity index (χ3v) is 3.48. The summed E-state index contributed by atoms with van der Waals surface area (Å²) in [5, 5.41) is 12.6. The van der Waals surface area contributed by atoms with Crippen LogP contribution >= 0.6 is 0 Å². The molecule has 0 aliphatic carbocycles. The zero-order valence-corrected chi connectivity index (χ0v) is 11.1. The van der Waals surface area contributed by atoms with Crippen LogP contribution < -0.4 is 15.0 Å². The van der Waals surface area contributed by atoms with E-state index < -0.39 is 0 Å². The van der Waals surface area contributed by atoms with E-state index in [0.717, 1.165) is 25.3 Å². The molecule has 100 valence electrons. The fraction of sp³-hybridized carbons (Fsp3) is 0.571. The fourth-order valence-corrected chi connectivity index (χ4v) is 2.45. The van der Waals surface area contributed by atoms with Crippen molar-refractivity contribution in [2.24, 2.45) is 0 Å². The van der Waals surface area contributed by atoms with E-state index in [0.29, 0.717) is 12.1 Å². The molecule has 1 aromatic rings. The standard InChI is InChI=1S/C14H22N2O2/c1-11-10-16(13(7-8-17)9-15-11)12-3-5-14(18-2)6-4-12/h3-6,11,13,15,17H,7-10H2,1-2H3. The summed E-state index contributed by atoms with van der Waals surface area (Å²) in [5.74, 6) is 0.876.